The maximum absolute atomic E-state index is 2.56. The molecular weight excluding hydrogens is 328 g/mol. The molecule has 0 unspecified atom stereocenters. The van der Waals surface area contributed by atoms with Gasteiger partial charge < -0.3 is 0 Å². The second-order valence-electron chi connectivity index (χ2n) is 7.51. The maximum atomic E-state index is 2.56. The molecule has 1 aliphatic rings. The van der Waals surface area contributed by atoms with Crippen LogP contribution in [0.15, 0.2) is 78.9 Å². The molecule has 27 heavy (non-hydrogen) atoms. The Morgan fingerprint density at radius 2 is 1.44 bits per heavy atom. The van der Waals surface area contributed by atoms with Crippen LogP contribution in [-0.4, -0.2) is 42.5 Å². The van der Waals surface area contributed by atoms with Gasteiger partial charge in [0.05, 0.1) is 0 Å². The molecule has 0 atom stereocenters. The first kappa shape index (κ1) is 18.0. The molecule has 3 aromatic rings. The molecule has 1 saturated heterocycles. The van der Waals surface area contributed by atoms with E-state index in [0.29, 0.717) is 0 Å². The summed E-state index contributed by atoms with van der Waals surface area (Å²) in [5.41, 5.74) is 4.11. The Morgan fingerprint density at radius 3 is 2.22 bits per heavy atom. The smallest absolute Gasteiger partial charge is 0.0234 e. The third-order valence-corrected chi connectivity index (χ3v) is 5.57. The Kier molecular flexibility index (Phi) is 5.66. The standard InChI is InChI=1S/C25H28N2/c1-21(24-12-11-23-9-5-6-10-25(23)19-24)13-14-26-15-17-27(18-16-26)20-22-7-3-2-4-8-22/h2-13,19H,14-18,20H2,1H3/b21-13+. The van der Waals surface area contributed by atoms with Gasteiger partial charge in [0.15, 0.2) is 0 Å². The lowest BCUT2D eigenvalue weighted by Gasteiger charge is -2.34. The van der Waals surface area contributed by atoms with Crippen molar-refractivity contribution in [3.05, 3.63) is 90.0 Å². The first-order valence-electron chi connectivity index (χ1n) is 9.92. The second-order valence-corrected chi connectivity index (χ2v) is 7.51. The second kappa shape index (κ2) is 8.51. The van der Waals surface area contributed by atoms with Crippen LogP contribution in [0.2, 0.25) is 0 Å². The molecule has 0 spiro atoms. The largest absolute Gasteiger partial charge is 0.297 e. The van der Waals surface area contributed by atoms with E-state index in [9.17, 15) is 0 Å². The molecule has 0 amide bonds. The molecule has 1 heterocycles. The molecular formula is C25H28N2. The number of fused-ring (bicyclic) bond motifs is 1. The summed E-state index contributed by atoms with van der Waals surface area (Å²) in [5, 5.41) is 2.63. The lowest BCUT2D eigenvalue weighted by molar-refractivity contribution is 0.137. The molecule has 0 aliphatic carbocycles. The summed E-state index contributed by atoms with van der Waals surface area (Å²) < 4.78 is 0. The van der Waals surface area contributed by atoms with Crippen LogP contribution in [0.4, 0.5) is 0 Å². The SMILES string of the molecule is C/C(=C\CN1CCN(Cc2ccccc2)CC1)c1ccc2ccccc2c1. The summed E-state index contributed by atoms with van der Waals surface area (Å²) in [6, 6.07) is 26.1. The number of allylic oxidation sites excluding steroid dienone is 1. The van der Waals surface area contributed by atoms with Crippen molar-refractivity contribution in [2.75, 3.05) is 32.7 Å². The van der Waals surface area contributed by atoms with E-state index >= 15 is 0 Å². The number of nitrogens with zero attached hydrogens (tertiary/aromatic N) is 2. The van der Waals surface area contributed by atoms with Crippen LogP contribution in [0.25, 0.3) is 16.3 Å². The van der Waals surface area contributed by atoms with Crippen LogP contribution in [0, 0.1) is 0 Å². The Bertz CT molecular complexity index is 906. The Labute approximate surface area is 162 Å². The zero-order valence-corrected chi connectivity index (χ0v) is 16.1. The van der Waals surface area contributed by atoms with Gasteiger partial charge in [0.25, 0.3) is 0 Å². The predicted octanol–water partition coefficient (Wildman–Crippen LogP) is 5.06. The fourth-order valence-corrected chi connectivity index (χ4v) is 3.79. The number of hydrogen-bond acceptors (Lipinski definition) is 2. The Morgan fingerprint density at radius 1 is 0.778 bits per heavy atom. The highest BCUT2D eigenvalue weighted by atomic mass is 15.3. The van der Waals surface area contributed by atoms with Crippen molar-refractivity contribution in [1.82, 2.24) is 9.80 Å². The van der Waals surface area contributed by atoms with Crippen LogP contribution in [0.5, 0.6) is 0 Å². The van der Waals surface area contributed by atoms with E-state index in [1.54, 1.807) is 0 Å². The molecule has 0 bridgehead atoms. The molecule has 4 rings (SSSR count). The van der Waals surface area contributed by atoms with Crippen LogP contribution in [0.1, 0.15) is 18.1 Å². The zero-order chi connectivity index (χ0) is 18.5. The van der Waals surface area contributed by atoms with E-state index in [1.807, 2.05) is 0 Å². The van der Waals surface area contributed by atoms with Crippen molar-refractivity contribution in [2.24, 2.45) is 0 Å². The van der Waals surface area contributed by atoms with Gasteiger partial charge >= 0.3 is 0 Å². The summed E-state index contributed by atoms with van der Waals surface area (Å²) in [7, 11) is 0. The third kappa shape index (κ3) is 4.65. The van der Waals surface area contributed by atoms with E-state index in [4.69, 9.17) is 0 Å². The molecule has 2 nitrogen and oxygen atoms in total. The van der Waals surface area contributed by atoms with Gasteiger partial charge in [-0.05, 0) is 40.5 Å². The fourth-order valence-electron chi connectivity index (χ4n) is 3.79. The van der Waals surface area contributed by atoms with E-state index in [2.05, 4.69) is 95.6 Å². The minimum absolute atomic E-state index is 1.04. The third-order valence-electron chi connectivity index (χ3n) is 5.57. The first-order valence-corrected chi connectivity index (χ1v) is 9.92. The van der Waals surface area contributed by atoms with E-state index in [-0.39, 0.29) is 0 Å². The average molecular weight is 357 g/mol. The highest BCUT2D eigenvalue weighted by Gasteiger charge is 2.16. The van der Waals surface area contributed by atoms with Crippen molar-refractivity contribution in [3.63, 3.8) is 0 Å². The maximum Gasteiger partial charge on any atom is 0.0234 e. The van der Waals surface area contributed by atoms with Crippen LogP contribution < -0.4 is 0 Å². The van der Waals surface area contributed by atoms with Crippen LogP contribution in [-0.2, 0) is 6.54 Å². The molecule has 1 fully saturated rings. The van der Waals surface area contributed by atoms with Gasteiger partial charge in [0, 0.05) is 39.3 Å². The quantitative estimate of drug-likeness (QED) is 0.630. The highest BCUT2D eigenvalue weighted by molar-refractivity contribution is 5.86. The molecule has 0 radical (unpaired) electrons. The first-order chi connectivity index (χ1) is 13.3. The number of benzene rings is 3. The minimum atomic E-state index is 1.04. The van der Waals surface area contributed by atoms with Crippen LogP contribution >= 0.6 is 0 Å². The summed E-state index contributed by atoms with van der Waals surface area (Å²) >= 11 is 0. The molecule has 0 aromatic heterocycles. The van der Waals surface area contributed by atoms with Gasteiger partial charge in [0.2, 0.25) is 0 Å². The lowest BCUT2D eigenvalue weighted by atomic mass is 10.0. The monoisotopic (exact) mass is 356 g/mol. The van der Waals surface area contributed by atoms with Gasteiger partial charge in [0.1, 0.15) is 0 Å². The summed E-state index contributed by atoms with van der Waals surface area (Å²) in [4.78, 5) is 5.12. The summed E-state index contributed by atoms with van der Waals surface area (Å²) in [5.74, 6) is 0. The zero-order valence-electron chi connectivity index (χ0n) is 16.1. The molecule has 2 heteroatoms. The molecule has 0 saturated carbocycles. The number of rotatable bonds is 5. The molecule has 1 aliphatic heterocycles. The van der Waals surface area contributed by atoms with Gasteiger partial charge in [-0.3, -0.25) is 9.80 Å². The Hall–Kier alpha value is -2.42. The van der Waals surface area contributed by atoms with E-state index < -0.39 is 0 Å². The Balaban J connectivity index is 1.31. The number of hydrogen-bond donors (Lipinski definition) is 0. The van der Waals surface area contributed by atoms with Crippen molar-refractivity contribution in [1.29, 1.82) is 0 Å². The van der Waals surface area contributed by atoms with Crippen molar-refractivity contribution < 1.29 is 0 Å². The van der Waals surface area contributed by atoms with E-state index in [1.165, 1.54) is 27.5 Å². The minimum Gasteiger partial charge on any atom is -0.297 e. The van der Waals surface area contributed by atoms with Crippen molar-refractivity contribution in [3.8, 4) is 0 Å². The predicted molar refractivity (Wildman–Crippen MR) is 116 cm³/mol. The molecule has 138 valence electrons. The van der Waals surface area contributed by atoms with Crippen molar-refractivity contribution in [2.45, 2.75) is 13.5 Å². The van der Waals surface area contributed by atoms with Crippen LogP contribution in [0.3, 0.4) is 0 Å². The topological polar surface area (TPSA) is 6.48 Å². The van der Waals surface area contributed by atoms with Gasteiger partial charge in [-0.15, -0.1) is 0 Å². The van der Waals surface area contributed by atoms with Crippen molar-refractivity contribution >= 4 is 16.3 Å². The fraction of sp³-hybridized carbons (Fsp3) is 0.280. The average Bonchev–Trinajstić information content (AvgIpc) is 2.73. The van der Waals surface area contributed by atoms with E-state index in [0.717, 1.165) is 39.3 Å². The molecule has 0 N–H and O–H groups in total. The lowest BCUT2D eigenvalue weighted by Crippen LogP contribution is -2.45. The van der Waals surface area contributed by atoms with Gasteiger partial charge in [-0.25, -0.2) is 0 Å². The highest BCUT2D eigenvalue weighted by Crippen LogP contribution is 2.21. The number of piperazine rings is 1. The normalized spacial score (nSPS) is 16.7. The van der Waals surface area contributed by atoms with Gasteiger partial charge in [-0.2, -0.15) is 0 Å². The summed E-state index contributed by atoms with van der Waals surface area (Å²) in [6.07, 6.45) is 2.39. The molecule has 3 aromatic carbocycles. The summed E-state index contributed by atoms with van der Waals surface area (Å²) in [6.45, 7) is 8.94. The van der Waals surface area contributed by atoms with Gasteiger partial charge in [-0.1, -0.05) is 72.8 Å².